The number of halogens is 3. The quantitative estimate of drug-likeness (QED) is 0.841. The van der Waals surface area contributed by atoms with Crippen LogP contribution in [0.2, 0.25) is 0 Å². The van der Waals surface area contributed by atoms with E-state index in [9.17, 15) is 13.2 Å². The molecule has 0 aromatic heterocycles. The maximum atomic E-state index is 12.6. The van der Waals surface area contributed by atoms with Gasteiger partial charge in [-0.15, -0.1) is 0 Å². The van der Waals surface area contributed by atoms with Crippen LogP contribution in [0.5, 0.6) is 5.75 Å². The highest BCUT2D eigenvalue weighted by atomic mass is 19.4. The predicted octanol–water partition coefficient (Wildman–Crippen LogP) is 3.91. The molecule has 112 valence electrons. The SMILES string of the molecule is COc1cc(N)cc(NCc2cccc(C(F)(F)F)c2)c1. The maximum absolute atomic E-state index is 12.6. The Morgan fingerprint density at radius 1 is 1.14 bits per heavy atom. The van der Waals surface area contributed by atoms with Crippen LogP contribution < -0.4 is 15.8 Å². The van der Waals surface area contributed by atoms with Crippen molar-refractivity contribution in [1.82, 2.24) is 0 Å². The molecule has 21 heavy (non-hydrogen) atoms. The van der Waals surface area contributed by atoms with Gasteiger partial charge < -0.3 is 15.8 Å². The molecule has 0 radical (unpaired) electrons. The highest BCUT2D eigenvalue weighted by molar-refractivity contribution is 5.59. The summed E-state index contributed by atoms with van der Waals surface area (Å²) in [4.78, 5) is 0. The molecule has 0 atom stereocenters. The molecule has 0 aliphatic rings. The van der Waals surface area contributed by atoms with Gasteiger partial charge in [0.25, 0.3) is 0 Å². The van der Waals surface area contributed by atoms with Gasteiger partial charge in [0.15, 0.2) is 0 Å². The van der Waals surface area contributed by atoms with Crippen LogP contribution in [0.3, 0.4) is 0 Å². The largest absolute Gasteiger partial charge is 0.497 e. The summed E-state index contributed by atoms with van der Waals surface area (Å²) in [6.07, 6.45) is -4.34. The topological polar surface area (TPSA) is 47.3 Å². The smallest absolute Gasteiger partial charge is 0.416 e. The van der Waals surface area contributed by atoms with Crippen LogP contribution in [-0.4, -0.2) is 7.11 Å². The summed E-state index contributed by atoms with van der Waals surface area (Å²) in [5.74, 6) is 0.585. The van der Waals surface area contributed by atoms with Crippen molar-refractivity contribution in [1.29, 1.82) is 0 Å². The first-order chi connectivity index (χ1) is 9.88. The van der Waals surface area contributed by atoms with Gasteiger partial charge in [0.05, 0.1) is 12.7 Å². The van der Waals surface area contributed by atoms with Gasteiger partial charge in [0.2, 0.25) is 0 Å². The maximum Gasteiger partial charge on any atom is 0.416 e. The molecular formula is C15H15F3N2O. The fraction of sp³-hybridized carbons (Fsp3) is 0.200. The van der Waals surface area contributed by atoms with E-state index >= 15 is 0 Å². The molecule has 2 aromatic rings. The van der Waals surface area contributed by atoms with E-state index in [4.69, 9.17) is 10.5 Å². The van der Waals surface area contributed by atoms with Crippen molar-refractivity contribution < 1.29 is 17.9 Å². The molecule has 0 saturated carbocycles. The number of hydrogen-bond donors (Lipinski definition) is 2. The third kappa shape index (κ3) is 4.05. The summed E-state index contributed by atoms with van der Waals surface area (Å²) in [6, 6.07) is 10.3. The van der Waals surface area contributed by atoms with Crippen LogP contribution in [0, 0.1) is 0 Å². The van der Waals surface area contributed by atoms with E-state index in [2.05, 4.69) is 5.32 Å². The lowest BCUT2D eigenvalue weighted by Crippen LogP contribution is -2.07. The second-order valence-corrected chi connectivity index (χ2v) is 4.55. The van der Waals surface area contributed by atoms with Gasteiger partial charge in [0, 0.05) is 30.1 Å². The first kappa shape index (κ1) is 15.0. The number of ether oxygens (including phenoxy) is 1. The highest BCUT2D eigenvalue weighted by Gasteiger charge is 2.30. The van der Waals surface area contributed by atoms with E-state index in [1.165, 1.54) is 13.2 Å². The van der Waals surface area contributed by atoms with Crippen molar-refractivity contribution in [2.45, 2.75) is 12.7 Å². The second-order valence-electron chi connectivity index (χ2n) is 4.55. The average Bonchev–Trinajstić information content (AvgIpc) is 2.44. The zero-order valence-electron chi connectivity index (χ0n) is 11.4. The fourth-order valence-corrected chi connectivity index (χ4v) is 1.90. The molecule has 0 amide bonds. The van der Waals surface area contributed by atoms with Gasteiger partial charge >= 0.3 is 6.18 Å². The van der Waals surface area contributed by atoms with E-state index < -0.39 is 11.7 Å². The minimum Gasteiger partial charge on any atom is -0.497 e. The van der Waals surface area contributed by atoms with Crippen molar-refractivity contribution in [3.8, 4) is 5.75 Å². The fourth-order valence-electron chi connectivity index (χ4n) is 1.90. The summed E-state index contributed by atoms with van der Waals surface area (Å²) < 4.78 is 43.0. The van der Waals surface area contributed by atoms with Crippen molar-refractivity contribution in [3.63, 3.8) is 0 Å². The third-order valence-electron chi connectivity index (χ3n) is 2.92. The number of rotatable bonds is 4. The predicted molar refractivity (Wildman–Crippen MR) is 76.2 cm³/mol. The van der Waals surface area contributed by atoms with Gasteiger partial charge in [0.1, 0.15) is 5.75 Å². The summed E-state index contributed by atoms with van der Waals surface area (Å²) in [5, 5.41) is 3.03. The van der Waals surface area contributed by atoms with Gasteiger partial charge in [-0.1, -0.05) is 12.1 Å². The summed E-state index contributed by atoms with van der Waals surface area (Å²) in [7, 11) is 1.52. The number of nitrogens with two attached hydrogens (primary N) is 1. The lowest BCUT2D eigenvalue weighted by atomic mass is 10.1. The van der Waals surface area contributed by atoms with Crippen LogP contribution in [-0.2, 0) is 12.7 Å². The summed E-state index contributed by atoms with van der Waals surface area (Å²) in [6.45, 7) is 0.260. The molecule has 0 bridgehead atoms. The van der Waals surface area contributed by atoms with Crippen molar-refractivity contribution in [2.75, 3.05) is 18.2 Å². The Kier molecular flexibility index (Phi) is 4.26. The number of alkyl halides is 3. The Balaban J connectivity index is 2.11. The van der Waals surface area contributed by atoms with Crippen LogP contribution in [0.1, 0.15) is 11.1 Å². The normalized spacial score (nSPS) is 11.2. The molecule has 2 rings (SSSR count). The van der Waals surface area contributed by atoms with Gasteiger partial charge in [-0.25, -0.2) is 0 Å². The lowest BCUT2D eigenvalue weighted by molar-refractivity contribution is -0.137. The Labute approximate surface area is 120 Å². The molecule has 0 fully saturated rings. The van der Waals surface area contributed by atoms with E-state index in [1.54, 1.807) is 24.3 Å². The molecule has 3 N–H and O–H groups in total. The number of benzene rings is 2. The monoisotopic (exact) mass is 296 g/mol. The zero-order chi connectivity index (χ0) is 15.5. The van der Waals surface area contributed by atoms with E-state index in [0.717, 1.165) is 12.1 Å². The summed E-state index contributed by atoms with van der Waals surface area (Å²) >= 11 is 0. The van der Waals surface area contributed by atoms with Crippen LogP contribution in [0.15, 0.2) is 42.5 Å². The average molecular weight is 296 g/mol. The Bertz CT molecular complexity index is 627. The molecule has 0 saturated heterocycles. The van der Waals surface area contributed by atoms with Gasteiger partial charge in [-0.05, 0) is 23.8 Å². The van der Waals surface area contributed by atoms with Crippen LogP contribution in [0.25, 0.3) is 0 Å². The molecule has 3 nitrogen and oxygen atoms in total. The first-order valence-corrected chi connectivity index (χ1v) is 6.23. The standard InChI is InChI=1S/C15H15F3N2O/c1-21-14-7-12(19)6-13(8-14)20-9-10-3-2-4-11(5-10)15(16,17)18/h2-8,20H,9,19H2,1H3. The molecule has 0 aliphatic carbocycles. The van der Waals surface area contributed by atoms with E-state index in [1.807, 2.05) is 0 Å². The van der Waals surface area contributed by atoms with Gasteiger partial charge in [-0.3, -0.25) is 0 Å². The molecule has 0 aliphatic heterocycles. The van der Waals surface area contributed by atoms with Crippen LogP contribution in [0.4, 0.5) is 24.5 Å². The second kappa shape index (κ2) is 5.95. The Morgan fingerprint density at radius 2 is 1.90 bits per heavy atom. The van der Waals surface area contributed by atoms with E-state index in [0.29, 0.717) is 22.7 Å². The first-order valence-electron chi connectivity index (χ1n) is 6.23. The Morgan fingerprint density at radius 3 is 2.57 bits per heavy atom. The van der Waals surface area contributed by atoms with Crippen LogP contribution >= 0.6 is 0 Å². The van der Waals surface area contributed by atoms with Gasteiger partial charge in [-0.2, -0.15) is 13.2 Å². The molecule has 0 heterocycles. The van der Waals surface area contributed by atoms with Crippen molar-refractivity contribution >= 4 is 11.4 Å². The highest BCUT2D eigenvalue weighted by Crippen LogP contribution is 2.30. The lowest BCUT2D eigenvalue weighted by Gasteiger charge is -2.11. The third-order valence-corrected chi connectivity index (χ3v) is 2.92. The number of hydrogen-bond acceptors (Lipinski definition) is 3. The molecule has 0 unspecified atom stereocenters. The van der Waals surface area contributed by atoms with Crippen molar-refractivity contribution in [2.24, 2.45) is 0 Å². The number of nitrogens with one attached hydrogen (secondary N) is 1. The molecule has 2 aromatic carbocycles. The molecule has 0 spiro atoms. The number of anilines is 2. The van der Waals surface area contributed by atoms with Crippen molar-refractivity contribution in [3.05, 3.63) is 53.6 Å². The minimum absolute atomic E-state index is 0.260. The molecular weight excluding hydrogens is 281 g/mol. The number of methoxy groups -OCH3 is 1. The summed E-state index contributed by atoms with van der Waals surface area (Å²) in [5.41, 5.74) is 6.79. The Hall–Kier alpha value is -2.37. The molecule has 6 heteroatoms. The minimum atomic E-state index is -4.34. The number of nitrogen functional groups attached to an aromatic ring is 1. The zero-order valence-corrected chi connectivity index (χ0v) is 11.4. The van der Waals surface area contributed by atoms with E-state index in [-0.39, 0.29) is 6.54 Å².